The zero-order chi connectivity index (χ0) is 55.0. The Morgan fingerprint density at radius 1 is 0.321 bits per heavy atom. The summed E-state index contributed by atoms with van der Waals surface area (Å²) < 4.78 is 40.6. The molecule has 0 heterocycles. The highest BCUT2D eigenvalue weighted by atomic mass is 16.6. The Morgan fingerprint density at radius 3 is 1.08 bits per heavy atom. The number of rotatable bonds is 36. The standard InChI is InChI=1S/C67H80O11/c1-4-7-10-13-16-17-20-23-48-72-57-36-28-52(29-37-57)53-30-42-60(43-31-53)76-64(68)54-26-24-51(25-27-54)50-75-67(71)62-49-61(77-65(69)55-32-38-58(39-33-55)73-46-21-18-14-11-8-5-2)44-45-63(62)78-66(70)56-34-40-59(41-35-56)74-47-22-19-15-12-9-6-3/h24-45,49H,4-23,46-48,50H2,1-3H3. The van der Waals surface area contributed by atoms with Gasteiger partial charge in [-0.15, -0.1) is 0 Å². The first-order valence-corrected chi connectivity index (χ1v) is 28.6. The summed E-state index contributed by atoms with van der Waals surface area (Å²) in [5, 5.41) is 0. The molecule has 0 bridgehead atoms. The van der Waals surface area contributed by atoms with Crippen LogP contribution in [-0.4, -0.2) is 43.7 Å². The van der Waals surface area contributed by atoms with Crippen molar-refractivity contribution in [2.45, 2.75) is 156 Å². The molecule has 0 spiro atoms. The summed E-state index contributed by atoms with van der Waals surface area (Å²) in [6, 6.07) is 39.2. The second-order valence-corrected chi connectivity index (χ2v) is 19.8. The highest BCUT2D eigenvalue weighted by molar-refractivity contribution is 5.97. The summed E-state index contributed by atoms with van der Waals surface area (Å²) in [6.07, 6.45) is 23.9. The van der Waals surface area contributed by atoms with Crippen LogP contribution in [0.5, 0.6) is 34.5 Å². The number of benzene rings is 6. The third-order valence-electron chi connectivity index (χ3n) is 13.4. The monoisotopic (exact) mass is 1060 g/mol. The van der Waals surface area contributed by atoms with Gasteiger partial charge in [-0.25, -0.2) is 19.2 Å². The van der Waals surface area contributed by atoms with E-state index in [1.807, 2.05) is 36.4 Å². The molecule has 78 heavy (non-hydrogen) atoms. The number of hydrogen-bond acceptors (Lipinski definition) is 11. The van der Waals surface area contributed by atoms with E-state index in [9.17, 15) is 19.2 Å². The zero-order valence-corrected chi connectivity index (χ0v) is 46.2. The molecule has 11 nitrogen and oxygen atoms in total. The van der Waals surface area contributed by atoms with Crippen molar-refractivity contribution in [3.8, 4) is 45.6 Å². The van der Waals surface area contributed by atoms with Gasteiger partial charge in [-0.05, 0) is 139 Å². The van der Waals surface area contributed by atoms with E-state index in [1.165, 1.54) is 115 Å². The highest BCUT2D eigenvalue weighted by Crippen LogP contribution is 2.29. The third-order valence-corrected chi connectivity index (χ3v) is 13.4. The quantitative estimate of drug-likeness (QED) is 0.0211. The van der Waals surface area contributed by atoms with Gasteiger partial charge in [0.2, 0.25) is 0 Å². The zero-order valence-electron chi connectivity index (χ0n) is 46.2. The molecule has 0 aromatic heterocycles. The smallest absolute Gasteiger partial charge is 0.343 e. The lowest BCUT2D eigenvalue weighted by atomic mass is 10.1. The molecule has 0 aliphatic rings. The minimum absolute atomic E-state index is 0.0306. The van der Waals surface area contributed by atoms with Crippen LogP contribution in [0, 0.1) is 0 Å². The van der Waals surface area contributed by atoms with Crippen LogP contribution in [0.4, 0.5) is 0 Å². The van der Waals surface area contributed by atoms with Crippen molar-refractivity contribution in [2.75, 3.05) is 19.8 Å². The van der Waals surface area contributed by atoms with E-state index in [4.69, 9.17) is 33.2 Å². The van der Waals surface area contributed by atoms with Gasteiger partial charge in [0.25, 0.3) is 0 Å². The summed E-state index contributed by atoms with van der Waals surface area (Å²) >= 11 is 0. The molecule has 11 heteroatoms. The molecular formula is C67H80O11. The number of ether oxygens (including phenoxy) is 7. The summed E-state index contributed by atoms with van der Waals surface area (Å²) in [5.74, 6) is -0.316. The van der Waals surface area contributed by atoms with Crippen LogP contribution in [0.15, 0.2) is 140 Å². The number of carbonyl (C=O) groups is 4. The Labute approximate surface area is 462 Å². The Morgan fingerprint density at radius 2 is 0.654 bits per heavy atom. The summed E-state index contributed by atoms with van der Waals surface area (Å²) in [5.41, 5.74) is 3.24. The molecule has 0 amide bonds. The second-order valence-electron chi connectivity index (χ2n) is 19.8. The van der Waals surface area contributed by atoms with Crippen LogP contribution in [0.3, 0.4) is 0 Å². The van der Waals surface area contributed by atoms with Crippen LogP contribution in [-0.2, 0) is 11.3 Å². The van der Waals surface area contributed by atoms with Crippen molar-refractivity contribution >= 4 is 23.9 Å². The molecule has 0 saturated heterocycles. The minimum atomic E-state index is -0.841. The van der Waals surface area contributed by atoms with Crippen LogP contribution in [0.2, 0.25) is 0 Å². The van der Waals surface area contributed by atoms with Gasteiger partial charge in [0.05, 0.1) is 36.5 Å². The van der Waals surface area contributed by atoms with Crippen molar-refractivity contribution in [1.29, 1.82) is 0 Å². The van der Waals surface area contributed by atoms with Gasteiger partial charge in [-0.3, -0.25) is 0 Å². The van der Waals surface area contributed by atoms with Gasteiger partial charge in [-0.2, -0.15) is 0 Å². The molecule has 0 radical (unpaired) electrons. The average molecular weight is 1060 g/mol. The summed E-state index contributed by atoms with van der Waals surface area (Å²) in [4.78, 5) is 53.9. The Bertz CT molecular complexity index is 2690. The van der Waals surface area contributed by atoms with Crippen molar-refractivity contribution in [3.63, 3.8) is 0 Å². The van der Waals surface area contributed by atoms with Crippen molar-refractivity contribution in [3.05, 3.63) is 167 Å². The Balaban J connectivity index is 1.03. The summed E-state index contributed by atoms with van der Waals surface area (Å²) in [6.45, 7) is 8.33. The summed E-state index contributed by atoms with van der Waals surface area (Å²) in [7, 11) is 0. The third kappa shape index (κ3) is 21.2. The fourth-order valence-electron chi connectivity index (χ4n) is 8.68. The first kappa shape index (κ1) is 59.8. The molecule has 6 rings (SSSR count). The number of esters is 4. The molecule has 0 fully saturated rings. The molecule has 0 aliphatic heterocycles. The van der Waals surface area contributed by atoms with E-state index < -0.39 is 23.9 Å². The maximum Gasteiger partial charge on any atom is 0.343 e. The Kier molecular flexibility index (Phi) is 26.4. The maximum absolute atomic E-state index is 13.9. The second kappa shape index (κ2) is 34.4. The molecule has 6 aromatic carbocycles. The van der Waals surface area contributed by atoms with Crippen molar-refractivity contribution in [2.24, 2.45) is 0 Å². The first-order chi connectivity index (χ1) is 38.2. The van der Waals surface area contributed by atoms with Gasteiger partial charge >= 0.3 is 23.9 Å². The molecule has 0 unspecified atom stereocenters. The largest absolute Gasteiger partial charge is 0.494 e. The van der Waals surface area contributed by atoms with Gasteiger partial charge in [0.1, 0.15) is 46.7 Å². The molecular weight excluding hydrogens is 981 g/mol. The first-order valence-electron chi connectivity index (χ1n) is 28.6. The Hall–Kier alpha value is -7.40. The minimum Gasteiger partial charge on any atom is -0.494 e. The lowest BCUT2D eigenvalue weighted by molar-refractivity contribution is 0.0464. The van der Waals surface area contributed by atoms with Gasteiger partial charge in [-0.1, -0.05) is 166 Å². The fourth-order valence-corrected chi connectivity index (χ4v) is 8.68. The van der Waals surface area contributed by atoms with E-state index in [1.54, 1.807) is 84.9 Å². The SMILES string of the molecule is CCCCCCCCCCOc1ccc(-c2ccc(OC(=O)c3ccc(COC(=O)c4cc(OC(=O)c5ccc(OCCCCCCCC)cc5)ccc4OC(=O)c4ccc(OCCCCCCCC)cc4)cc3)cc2)cc1. The van der Waals surface area contributed by atoms with E-state index in [0.29, 0.717) is 48.2 Å². The number of carbonyl (C=O) groups excluding carboxylic acids is 4. The van der Waals surface area contributed by atoms with Crippen molar-refractivity contribution < 1.29 is 52.3 Å². The lowest BCUT2D eigenvalue weighted by Gasteiger charge is -2.13. The molecule has 414 valence electrons. The lowest BCUT2D eigenvalue weighted by Crippen LogP contribution is -2.14. The predicted molar refractivity (Wildman–Crippen MR) is 307 cm³/mol. The van der Waals surface area contributed by atoms with Gasteiger partial charge in [0.15, 0.2) is 0 Å². The van der Waals surface area contributed by atoms with E-state index in [2.05, 4.69) is 20.8 Å². The maximum atomic E-state index is 13.9. The van der Waals surface area contributed by atoms with Crippen molar-refractivity contribution in [1.82, 2.24) is 0 Å². The predicted octanol–water partition coefficient (Wildman–Crippen LogP) is 17.4. The fraction of sp³-hybridized carbons (Fsp3) is 0.403. The van der Waals surface area contributed by atoms with Crippen LogP contribution < -0.4 is 28.4 Å². The molecule has 0 saturated carbocycles. The average Bonchev–Trinajstić information content (AvgIpc) is 3.47. The van der Waals surface area contributed by atoms with Crippen LogP contribution in [0.1, 0.15) is 196 Å². The topological polar surface area (TPSA) is 133 Å². The molecule has 0 atom stereocenters. The van der Waals surface area contributed by atoms with Crippen LogP contribution >= 0.6 is 0 Å². The number of hydrogen-bond donors (Lipinski definition) is 0. The van der Waals surface area contributed by atoms with Gasteiger partial charge in [0, 0.05) is 0 Å². The van der Waals surface area contributed by atoms with Crippen LogP contribution in [0.25, 0.3) is 11.1 Å². The highest BCUT2D eigenvalue weighted by Gasteiger charge is 2.21. The normalized spacial score (nSPS) is 10.9. The molecule has 0 aliphatic carbocycles. The van der Waals surface area contributed by atoms with E-state index in [-0.39, 0.29) is 34.8 Å². The van der Waals surface area contributed by atoms with E-state index in [0.717, 1.165) is 49.0 Å². The van der Waals surface area contributed by atoms with E-state index >= 15 is 0 Å². The molecule has 0 N–H and O–H groups in total. The van der Waals surface area contributed by atoms with Gasteiger partial charge < -0.3 is 33.2 Å². The number of unbranched alkanes of at least 4 members (excludes halogenated alkanes) is 17. The molecule has 6 aromatic rings.